The molecule has 1 aliphatic rings. The van der Waals surface area contributed by atoms with Gasteiger partial charge in [-0.2, -0.15) is 0 Å². The average Bonchev–Trinajstić information content (AvgIpc) is 3.36. The Morgan fingerprint density at radius 2 is 1.82 bits per heavy atom. The minimum absolute atomic E-state index is 0.000544. The number of hydrogen-bond acceptors (Lipinski definition) is 6. The number of hydrogen-bond donors (Lipinski definition) is 3. The fourth-order valence-corrected chi connectivity index (χ4v) is 4.69. The molecule has 1 aliphatic carbocycles. The van der Waals surface area contributed by atoms with Gasteiger partial charge < -0.3 is 16.0 Å². The van der Waals surface area contributed by atoms with Crippen molar-refractivity contribution in [2.75, 3.05) is 11.9 Å². The molecule has 0 spiro atoms. The lowest BCUT2D eigenvalue weighted by Crippen LogP contribution is -2.49. The molecule has 9 nitrogen and oxygen atoms in total. The summed E-state index contributed by atoms with van der Waals surface area (Å²) in [6.45, 7) is 4.77. The Balaban J connectivity index is 1.78. The highest BCUT2D eigenvalue weighted by atomic mass is 19.3. The van der Waals surface area contributed by atoms with Gasteiger partial charge in [0.25, 0.3) is 11.8 Å². The number of anilines is 1. The first-order valence-electron chi connectivity index (χ1n) is 12.8. The molecule has 3 amide bonds. The maximum atomic E-state index is 15.1. The van der Waals surface area contributed by atoms with Gasteiger partial charge in [0.1, 0.15) is 17.6 Å². The molecule has 0 radical (unpaired) electrons. The van der Waals surface area contributed by atoms with Gasteiger partial charge in [-0.15, -0.1) is 0 Å². The molecule has 38 heavy (non-hydrogen) atoms. The number of benzene rings is 1. The normalized spacial score (nSPS) is 16.0. The molecule has 1 aromatic heterocycles. The first-order chi connectivity index (χ1) is 17.9. The number of aromatic nitrogens is 2. The zero-order chi connectivity index (χ0) is 28.0. The van der Waals surface area contributed by atoms with E-state index in [0.29, 0.717) is 30.2 Å². The standard InChI is InChI=1S/C26H34F3N5O4/c1-5-19-22(34-38-33-19)25(37)32-21(16-9-7-6-8-10-16)24(36)31-20-11-14(2)17(12-18(20)27)15(3)23(35)30-13-26(4,28)29/h11-12,15-16,21H,5-10,13H2,1-4H3,(H,30,35)(H,31,36)(H,32,37). The van der Waals surface area contributed by atoms with E-state index in [1.165, 1.54) is 13.0 Å². The molecule has 3 N–H and O–H groups in total. The fourth-order valence-electron chi connectivity index (χ4n) is 4.69. The molecule has 0 saturated heterocycles. The van der Waals surface area contributed by atoms with E-state index in [-0.39, 0.29) is 17.3 Å². The van der Waals surface area contributed by atoms with Crippen molar-refractivity contribution in [1.29, 1.82) is 0 Å². The van der Waals surface area contributed by atoms with Gasteiger partial charge in [0.05, 0.1) is 18.2 Å². The quantitative estimate of drug-likeness (QED) is 0.416. The zero-order valence-electron chi connectivity index (χ0n) is 22.0. The number of alkyl halides is 2. The summed E-state index contributed by atoms with van der Waals surface area (Å²) in [4.78, 5) is 38.6. The molecule has 1 saturated carbocycles. The molecule has 1 aromatic carbocycles. The van der Waals surface area contributed by atoms with Gasteiger partial charge in [0, 0.05) is 6.92 Å². The molecular weight excluding hydrogens is 503 g/mol. The van der Waals surface area contributed by atoms with Gasteiger partial charge in [-0.05, 0) is 67.4 Å². The third-order valence-electron chi connectivity index (χ3n) is 6.84. The summed E-state index contributed by atoms with van der Waals surface area (Å²) < 4.78 is 46.0. The predicted molar refractivity (Wildman–Crippen MR) is 133 cm³/mol. The highest BCUT2D eigenvalue weighted by Crippen LogP contribution is 2.30. The van der Waals surface area contributed by atoms with Crippen LogP contribution in [0.3, 0.4) is 0 Å². The van der Waals surface area contributed by atoms with E-state index >= 15 is 4.39 Å². The van der Waals surface area contributed by atoms with Crippen molar-refractivity contribution in [3.63, 3.8) is 0 Å². The van der Waals surface area contributed by atoms with Crippen LogP contribution < -0.4 is 16.0 Å². The van der Waals surface area contributed by atoms with Crippen molar-refractivity contribution < 1.29 is 32.2 Å². The predicted octanol–water partition coefficient (Wildman–Crippen LogP) is 4.27. The number of halogens is 3. The number of amides is 3. The Morgan fingerprint density at radius 3 is 2.45 bits per heavy atom. The Morgan fingerprint density at radius 1 is 1.13 bits per heavy atom. The summed E-state index contributed by atoms with van der Waals surface area (Å²) in [6.07, 6.45) is 4.70. The maximum absolute atomic E-state index is 15.1. The molecule has 1 fully saturated rings. The minimum atomic E-state index is -3.07. The number of aryl methyl sites for hydroxylation is 2. The molecule has 3 rings (SSSR count). The minimum Gasteiger partial charge on any atom is -0.350 e. The SMILES string of the molecule is CCc1nonc1C(=O)NC(C(=O)Nc1cc(C)c(C(C)C(=O)NCC(C)(F)F)cc1F)C1CCCCC1. The Bertz CT molecular complexity index is 1160. The lowest BCUT2D eigenvalue weighted by Gasteiger charge is -2.30. The van der Waals surface area contributed by atoms with E-state index in [1.54, 1.807) is 13.8 Å². The first-order valence-corrected chi connectivity index (χ1v) is 12.8. The van der Waals surface area contributed by atoms with Gasteiger partial charge in [0.2, 0.25) is 11.8 Å². The Hall–Kier alpha value is -3.44. The maximum Gasteiger partial charge on any atom is 0.276 e. The van der Waals surface area contributed by atoms with Crippen LogP contribution in [0.2, 0.25) is 0 Å². The highest BCUT2D eigenvalue weighted by molar-refractivity contribution is 6.01. The summed E-state index contributed by atoms with van der Waals surface area (Å²) in [5, 5.41) is 14.8. The first kappa shape index (κ1) is 29.1. The van der Waals surface area contributed by atoms with E-state index in [4.69, 9.17) is 0 Å². The van der Waals surface area contributed by atoms with Gasteiger partial charge >= 0.3 is 0 Å². The van der Waals surface area contributed by atoms with Crippen LogP contribution in [0.15, 0.2) is 16.8 Å². The highest BCUT2D eigenvalue weighted by Gasteiger charge is 2.33. The van der Waals surface area contributed by atoms with Crippen molar-refractivity contribution >= 4 is 23.4 Å². The number of nitrogens with one attached hydrogen (secondary N) is 3. The number of carbonyl (C=O) groups is 3. The number of nitrogens with zero attached hydrogens (tertiary/aromatic N) is 2. The van der Waals surface area contributed by atoms with Crippen LogP contribution in [0.4, 0.5) is 18.9 Å². The fraction of sp³-hybridized carbons (Fsp3) is 0.577. The summed E-state index contributed by atoms with van der Waals surface area (Å²) in [6, 6.07) is 1.56. The van der Waals surface area contributed by atoms with E-state index in [0.717, 1.165) is 38.2 Å². The number of rotatable bonds is 10. The number of carbonyl (C=O) groups excluding carboxylic acids is 3. The summed E-state index contributed by atoms with van der Waals surface area (Å²) in [5.74, 6) is -6.76. The lowest BCUT2D eigenvalue weighted by molar-refractivity contribution is -0.124. The third-order valence-corrected chi connectivity index (χ3v) is 6.84. The molecule has 2 atom stereocenters. The van der Waals surface area contributed by atoms with Gasteiger partial charge in [-0.3, -0.25) is 14.4 Å². The van der Waals surface area contributed by atoms with E-state index in [9.17, 15) is 23.2 Å². The average molecular weight is 538 g/mol. The summed E-state index contributed by atoms with van der Waals surface area (Å²) in [7, 11) is 0. The molecule has 0 aliphatic heterocycles. The third kappa shape index (κ3) is 7.32. The van der Waals surface area contributed by atoms with Crippen LogP contribution >= 0.6 is 0 Å². The van der Waals surface area contributed by atoms with Crippen molar-refractivity contribution in [2.24, 2.45) is 5.92 Å². The summed E-state index contributed by atoms with van der Waals surface area (Å²) >= 11 is 0. The van der Waals surface area contributed by atoms with Crippen LogP contribution in [0.25, 0.3) is 0 Å². The Labute approximate surface area is 219 Å². The molecule has 1 heterocycles. The molecule has 0 bridgehead atoms. The monoisotopic (exact) mass is 537 g/mol. The lowest BCUT2D eigenvalue weighted by atomic mass is 9.83. The smallest absolute Gasteiger partial charge is 0.276 e. The molecule has 208 valence electrons. The Kier molecular flexibility index (Phi) is 9.50. The van der Waals surface area contributed by atoms with Crippen molar-refractivity contribution in [2.45, 2.75) is 84.1 Å². The van der Waals surface area contributed by atoms with Crippen molar-refractivity contribution in [3.05, 3.63) is 40.5 Å². The van der Waals surface area contributed by atoms with E-state index < -0.39 is 48.0 Å². The second kappa shape index (κ2) is 12.4. The largest absolute Gasteiger partial charge is 0.350 e. The van der Waals surface area contributed by atoms with Crippen LogP contribution in [-0.4, -0.2) is 46.5 Å². The van der Waals surface area contributed by atoms with Crippen LogP contribution in [-0.2, 0) is 16.0 Å². The van der Waals surface area contributed by atoms with Crippen LogP contribution in [0.1, 0.15) is 86.1 Å². The van der Waals surface area contributed by atoms with Gasteiger partial charge in [-0.1, -0.05) is 31.3 Å². The van der Waals surface area contributed by atoms with Crippen LogP contribution in [0.5, 0.6) is 0 Å². The van der Waals surface area contributed by atoms with Crippen molar-refractivity contribution in [3.8, 4) is 0 Å². The van der Waals surface area contributed by atoms with E-state index in [1.807, 2.05) is 0 Å². The summed E-state index contributed by atoms with van der Waals surface area (Å²) in [5.41, 5.74) is 1.05. The second-order valence-electron chi connectivity index (χ2n) is 9.95. The van der Waals surface area contributed by atoms with Crippen LogP contribution in [0, 0.1) is 18.7 Å². The molecule has 2 aromatic rings. The van der Waals surface area contributed by atoms with Gasteiger partial charge in [-0.25, -0.2) is 17.8 Å². The second-order valence-corrected chi connectivity index (χ2v) is 9.95. The molecule has 2 unspecified atom stereocenters. The van der Waals surface area contributed by atoms with Crippen molar-refractivity contribution in [1.82, 2.24) is 20.9 Å². The topological polar surface area (TPSA) is 126 Å². The van der Waals surface area contributed by atoms with E-state index in [2.05, 4.69) is 30.9 Å². The molecule has 12 heteroatoms. The molecular formula is C26H34F3N5O4. The van der Waals surface area contributed by atoms with Gasteiger partial charge in [0.15, 0.2) is 5.69 Å². The zero-order valence-corrected chi connectivity index (χ0v) is 22.0.